The molecule has 1 heterocycles. The third-order valence-electron chi connectivity index (χ3n) is 2.47. The predicted octanol–water partition coefficient (Wildman–Crippen LogP) is 2.32. The van der Waals surface area contributed by atoms with Crippen LogP contribution in [0.1, 0.15) is 18.1 Å². The third-order valence-corrected chi connectivity index (χ3v) is 2.47. The van der Waals surface area contributed by atoms with Crippen LogP contribution in [0.4, 0.5) is 5.69 Å². The van der Waals surface area contributed by atoms with Gasteiger partial charge in [0.1, 0.15) is 6.29 Å². The fraction of sp³-hybridized carbons (Fsp3) is 0.333. The van der Waals surface area contributed by atoms with E-state index in [1.54, 1.807) is 0 Å². The molecule has 0 aliphatic carbocycles. The SMILES string of the molecule is CC1C=Nc2ccc(CC=O)cc2C1. The fourth-order valence-electron chi connectivity index (χ4n) is 1.76. The van der Waals surface area contributed by atoms with Crippen molar-refractivity contribution in [2.24, 2.45) is 10.9 Å². The lowest BCUT2D eigenvalue weighted by atomic mass is 9.96. The van der Waals surface area contributed by atoms with Gasteiger partial charge >= 0.3 is 0 Å². The smallest absolute Gasteiger partial charge is 0.124 e. The molecule has 0 bridgehead atoms. The number of carbonyl (C=O) groups is 1. The number of carbonyl (C=O) groups excluding carboxylic acids is 1. The van der Waals surface area contributed by atoms with Crippen LogP contribution in [0.5, 0.6) is 0 Å². The topological polar surface area (TPSA) is 29.4 Å². The van der Waals surface area contributed by atoms with Gasteiger partial charge in [-0.15, -0.1) is 0 Å². The first kappa shape index (κ1) is 9.13. The maximum atomic E-state index is 10.4. The quantitative estimate of drug-likeness (QED) is 0.653. The molecule has 72 valence electrons. The average molecular weight is 187 g/mol. The molecule has 1 atom stereocenters. The minimum Gasteiger partial charge on any atom is -0.303 e. The monoisotopic (exact) mass is 187 g/mol. The second kappa shape index (κ2) is 3.74. The summed E-state index contributed by atoms with van der Waals surface area (Å²) in [5.41, 5.74) is 3.40. The van der Waals surface area contributed by atoms with Gasteiger partial charge in [0, 0.05) is 12.6 Å². The molecule has 0 saturated carbocycles. The first-order valence-electron chi connectivity index (χ1n) is 4.89. The van der Waals surface area contributed by atoms with Crippen LogP contribution in [0.25, 0.3) is 0 Å². The van der Waals surface area contributed by atoms with Crippen molar-refractivity contribution in [1.82, 2.24) is 0 Å². The summed E-state index contributed by atoms with van der Waals surface area (Å²) in [5, 5.41) is 0. The van der Waals surface area contributed by atoms with E-state index in [4.69, 9.17) is 0 Å². The zero-order valence-electron chi connectivity index (χ0n) is 8.23. The molecule has 0 spiro atoms. The normalized spacial score (nSPS) is 19.1. The van der Waals surface area contributed by atoms with Crippen molar-refractivity contribution in [3.63, 3.8) is 0 Å². The van der Waals surface area contributed by atoms with Gasteiger partial charge in [-0.2, -0.15) is 0 Å². The number of hydrogen-bond donors (Lipinski definition) is 0. The highest BCUT2D eigenvalue weighted by Gasteiger charge is 2.11. The molecule has 0 radical (unpaired) electrons. The van der Waals surface area contributed by atoms with E-state index in [9.17, 15) is 4.79 Å². The minimum absolute atomic E-state index is 0.505. The van der Waals surface area contributed by atoms with Crippen LogP contribution in [-0.2, 0) is 17.6 Å². The van der Waals surface area contributed by atoms with Gasteiger partial charge in [0.2, 0.25) is 0 Å². The molecule has 1 aromatic rings. The molecular weight excluding hydrogens is 174 g/mol. The van der Waals surface area contributed by atoms with E-state index in [1.807, 2.05) is 18.3 Å². The summed E-state index contributed by atoms with van der Waals surface area (Å²) in [7, 11) is 0. The number of aliphatic imine (C=N–C) groups is 1. The number of nitrogens with zero attached hydrogens (tertiary/aromatic N) is 1. The lowest BCUT2D eigenvalue weighted by Crippen LogP contribution is -2.06. The molecule has 1 aromatic carbocycles. The van der Waals surface area contributed by atoms with Gasteiger partial charge in [0.25, 0.3) is 0 Å². The van der Waals surface area contributed by atoms with Gasteiger partial charge in [0.15, 0.2) is 0 Å². The Labute approximate surface area is 83.7 Å². The minimum atomic E-state index is 0.505. The van der Waals surface area contributed by atoms with Crippen molar-refractivity contribution in [1.29, 1.82) is 0 Å². The summed E-state index contributed by atoms with van der Waals surface area (Å²) in [4.78, 5) is 14.7. The van der Waals surface area contributed by atoms with E-state index in [0.29, 0.717) is 12.3 Å². The van der Waals surface area contributed by atoms with E-state index >= 15 is 0 Å². The van der Waals surface area contributed by atoms with Crippen molar-refractivity contribution in [3.05, 3.63) is 29.3 Å². The van der Waals surface area contributed by atoms with Crippen LogP contribution in [0, 0.1) is 5.92 Å². The predicted molar refractivity (Wildman–Crippen MR) is 57.2 cm³/mol. The van der Waals surface area contributed by atoms with E-state index in [0.717, 1.165) is 24.0 Å². The molecule has 0 saturated heterocycles. The standard InChI is InChI=1S/C12H13NO/c1-9-6-11-7-10(4-5-14)2-3-12(11)13-8-9/h2-3,5,7-9H,4,6H2,1H3. The van der Waals surface area contributed by atoms with Crippen LogP contribution in [0.15, 0.2) is 23.2 Å². The number of aldehydes is 1. The first-order valence-corrected chi connectivity index (χ1v) is 4.89. The molecule has 0 amide bonds. The Morgan fingerprint density at radius 1 is 1.57 bits per heavy atom. The summed E-state index contributed by atoms with van der Waals surface area (Å²) >= 11 is 0. The second-order valence-corrected chi connectivity index (χ2v) is 3.79. The molecule has 1 aliphatic heterocycles. The van der Waals surface area contributed by atoms with E-state index < -0.39 is 0 Å². The van der Waals surface area contributed by atoms with Crippen molar-refractivity contribution < 1.29 is 4.79 Å². The lowest BCUT2D eigenvalue weighted by molar-refractivity contribution is -0.107. The Kier molecular flexibility index (Phi) is 2.44. The average Bonchev–Trinajstić information content (AvgIpc) is 2.17. The van der Waals surface area contributed by atoms with Crippen molar-refractivity contribution in [3.8, 4) is 0 Å². The van der Waals surface area contributed by atoms with Gasteiger partial charge < -0.3 is 4.79 Å². The maximum Gasteiger partial charge on any atom is 0.124 e. The summed E-state index contributed by atoms with van der Waals surface area (Å²) < 4.78 is 0. The third kappa shape index (κ3) is 1.74. The van der Waals surface area contributed by atoms with Crippen LogP contribution < -0.4 is 0 Å². The highest BCUT2D eigenvalue weighted by molar-refractivity contribution is 5.71. The first-order chi connectivity index (χ1) is 6.79. The highest BCUT2D eigenvalue weighted by Crippen LogP contribution is 2.26. The van der Waals surface area contributed by atoms with E-state index in [2.05, 4.69) is 18.0 Å². The van der Waals surface area contributed by atoms with Gasteiger partial charge in [-0.1, -0.05) is 19.1 Å². The molecule has 2 rings (SSSR count). The number of rotatable bonds is 2. The summed E-state index contributed by atoms with van der Waals surface area (Å²) in [5.74, 6) is 0.508. The summed E-state index contributed by atoms with van der Waals surface area (Å²) in [6.07, 6.45) is 4.47. The van der Waals surface area contributed by atoms with Gasteiger partial charge in [0.05, 0.1) is 5.69 Å². The maximum absolute atomic E-state index is 10.4. The lowest BCUT2D eigenvalue weighted by Gasteiger charge is -2.15. The molecule has 0 fully saturated rings. The van der Waals surface area contributed by atoms with Crippen LogP contribution in [0.2, 0.25) is 0 Å². The van der Waals surface area contributed by atoms with Crippen molar-refractivity contribution in [2.45, 2.75) is 19.8 Å². The Bertz CT molecular complexity index is 382. The molecule has 1 unspecified atom stereocenters. The van der Waals surface area contributed by atoms with E-state index in [1.165, 1.54) is 5.56 Å². The molecule has 2 nitrogen and oxygen atoms in total. The Morgan fingerprint density at radius 2 is 2.43 bits per heavy atom. The van der Waals surface area contributed by atoms with Crippen LogP contribution in [-0.4, -0.2) is 12.5 Å². The van der Waals surface area contributed by atoms with Gasteiger partial charge in [-0.05, 0) is 29.5 Å². The Morgan fingerprint density at radius 3 is 3.21 bits per heavy atom. The van der Waals surface area contributed by atoms with Crippen molar-refractivity contribution in [2.75, 3.05) is 0 Å². The number of benzene rings is 1. The number of fused-ring (bicyclic) bond motifs is 1. The molecule has 14 heavy (non-hydrogen) atoms. The van der Waals surface area contributed by atoms with Crippen LogP contribution in [0.3, 0.4) is 0 Å². The molecular formula is C12H13NO. The van der Waals surface area contributed by atoms with Crippen LogP contribution >= 0.6 is 0 Å². The Balaban J connectivity index is 2.34. The largest absolute Gasteiger partial charge is 0.303 e. The summed E-state index contributed by atoms with van der Waals surface area (Å²) in [6.45, 7) is 2.15. The highest BCUT2D eigenvalue weighted by atomic mass is 16.1. The van der Waals surface area contributed by atoms with Gasteiger partial charge in [-0.25, -0.2) is 0 Å². The summed E-state index contributed by atoms with van der Waals surface area (Å²) in [6, 6.07) is 6.06. The molecule has 1 aliphatic rings. The zero-order valence-corrected chi connectivity index (χ0v) is 8.23. The number of hydrogen-bond acceptors (Lipinski definition) is 2. The van der Waals surface area contributed by atoms with Gasteiger partial charge in [-0.3, -0.25) is 4.99 Å². The molecule has 2 heteroatoms. The second-order valence-electron chi connectivity index (χ2n) is 3.79. The Hall–Kier alpha value is -1.44. The van der Waals surface area contributed by atoms with Crippen molar-refractivity contribution >= 4 is 18.2 Å². The fourth-order valence-corrected chi connectivity index (χ4v) is 1.76. The molecule has 0 aromatic heterocycles. The zero-order chi connectivity index (χ0) is 9.97. The molecule has 0 N–H and O–H groups in total. The van der Waals surface area contributed by atoms with E-state index in [-0.39, 0.29) is 0 Å².